The summed E-state index contributed by atoms with van der Waals surface area (Å²) in [6.07, 6.45) is -5.90. The Morgan fingerprint density at radius 3 is 2.50 bits per heavy atom. The van der Waals surface area contributed by atoms with Crippen molar-refractivity contribution >= 4 is 6.09 Å². The minimum Gasteiger partial charge on any atom is -0.444 e. The lowest BCUT2D eigenvalue weighted by Crippen LogP contribution is -2.34. The zero-order valence-electron chi connectivity index (χ0n) is 10.6. The van der Waals surface area contributed by atoms with Crippen molar-refractivity contribution in [3.63, 3.8) is 0 Å². The van der Waals surface area contributed by atoms with E-state index in [0.29, 0.717) is 0 Å². The predicted molar refractivity (Wildman–Crippen MR) is 66.1 cm³/mol. The van der Waals surface area contributed by atoms with Gasteiger partial charge in [0.05, 0.1) is 6.54 Å². The fourth-order valence-electron chi connectivity index (χ4n) is 2.52. The van der Waals surface area contributed by atoms with Crippen molar-refractivity contribution in [3.8, 4) is 0 Å². The van der Waals surface area contributed by atoms with E-state index in [0.717, 1.165) is 5.56 Å². The summed E-state index contributed by atoms with van der Waals surface area (Å²) >= 11 is 0. The average Bonchev–Trinajstić information content (AvgIpc) is 2.69. The molecule has 20 heavy (non-hydrogen) atoms. The van der Waals surface area contributed by atoms with Crippen molar-refractivity contribution in [1.82, 2.24) is 4.90 Å². The van der Waals surface area contributed by atoms with Gasteiger partial charge in [0.1, 0.15) is 6.10 Å². The van der Waals surface area contributed by atoms with E-state index in [1.54, 1.807) is 24.3 Å². The van der Waals surface area contributed by atoms with Gasteiger partial charge in [0.15, 0.2) is 0 Å². The normalized spacial score (nSPS) is 23.8. The van der Waals surface area contributed by atoms with E-state index in [1.165, 1.54) is 4.90 Å². The van der Waals surface area contributed by atoms with E-state index in [2.05, 4.69) is 0 Å². The van der Waals surface area contributed by atoms with Gasteiger partial charge in [-0.15, -0.1) is 0 Å². The highest BCUT2D eigenvalue weighted by molar-refractivity contribution is 5.65. The summed E-state index contributed by atoms with van der Waals surface area (Å²) in [5, 5.41) is 0. The third-order valence-corrected chi connectivity index (χ3v) is 3.24. The predicted octanol–water partition coefficient (Wildman–Crippen LogP) is 2.11. The van der Waals surface area contributed by atoms with Crippen LogP contribution in [-0.4, -0.2) is 42.9 Å². The molecule has 1 aromatic carbocycles. The van der Waals surface area contributed by atoms with Gasteiger partial charge < -0.3 is 10.5 Å². The first kappa shape index (κ1) is 14.6. The van der Waals surface area contributed by atoms with E-state index in [9.17, 15) is 18.0 Å². The van der Waals surface area contributed by atoms with Gasteiger partial charge in [-0.1, -0.05) is 30.3 Å². The number of primary amides is 1. The van der Waals surface area contributed by atoms with E-state index in [-0.39, 0.29) is 19.0 Å². The van der Waals surface area contributed by atoms with Crippen LogP contribution < -0.4 is 5.73 Å². The molecule has 0 aromatic heterocycles. The molecule has 0 aliphatic carbocycles. The van der Waals surface area contributed by atoms with E-state index in [1.807, 2.05) is 6.07 Å². The number of alkyl halides is 3. The molecular formula is C13H15F3N2O2. The smallest absolute Gasteiger partial charge is 0.404 e. The largest absolute Gasteiger partial charge is 0.444 e. The van der Waals surface area contributed by atoms with Gasteiger partial charge in [0, 0.05) is 19.0 Å². The molecule has 0 bridgehead atoms. The molecule has 2 N–H and O–H groups in total. The molecule has 4 nitrogen and oxygen atoms in total. The number of benzene rings is 1. The minimum absolute atomic E-state index is 0.0298. The van der Waals surface area contributed by atoms with Crippen LogP contribution in [-0.2, 0) is 4.74 Å². The number of likely N-dealkylation sites (tertiary alicyclic amines) is 1. The van der Waals surface area contributed by atoms with Gasteiger partial charge in [0.2, 0.25) is 0 Å². The first-order chi connectivity index (χ1) is 9.35. The third-order valence-electron chi connectivity index (χ3n) is 3.24. The summed E-state index contributed by atoms with van der Waals surface area (Å²) in [5.74, 6) is -0.300. The van der Waals surface area contributed by atoms with Crippen LogP contribution in [0.3, 0.4) is 0 Å². The van der Waals surface area contributed by atoms with Crippen LogP contribution in [0.2, 0.25) is 0 Å². The van der Waals surface area contributed by atoms with Crippen LogP contribution in [0.25, 0.3) is 0 Å². The lowest BCUT2D eigenvalue weighted by atomic mass is 9.96. The second-order valence-electron chi connectivity index (χ2n) is 4.80. The van der Waals surface area contributed by atoms with E-state index < -0.39 is 24.9 Å². The highest BCUT2D eigenvalue weighted by Gasteiger charge is 2.41. The lowest BCUT2D eigenvalue weighted by Gasteiger charge is -2.17. The Labute approximate surface area is 114 Å². The molecule has 1 aliphatic rings. The van der Waals surface area contributed by atoms with Gasteiger partial charge in [0.25, 0.3) is 0 Å². The summed E-state index contributed by atoms with van der Waals surface area (Å²) < 4.78 is 42.3. The Bertz CT molecular complexity index is 464. The lowest BCUT2D eigenvalue weighted by molar-refractivity contribution is -0.144. The highest BCUT2D eigenvalue weighted by atomic mass is 19.4. The molecule has 0 unspecified atom stereocenters. The van der Waals surface area contributed by atoms with Crippen molar-refractivity contribution in [1.29, 1.82) is 0 Å². The maximum atomic E-state index is 12.5. The fourth-order valence-corrected chi connectivity index (χ4v) is 2.52. The Hall–Kier alpha value is -1.76. The van der Waals surface area contributed by atoms with Crippen LogP contribution in [0.5, 0.6) is 0 Å². The number of rotatable bonds is 3. The van der Waals surface area contributed by atoms with E-state index >= 15 is 0 Å². The molecule has 0 saturated carbocycles. The van der Waals surface area contributed by atoms with Gasteiger partial charge in [-0.2, -0.15) is 13.2 Å². The number of nitrogens with two attached hydrogens (primary N) is 1. The number of hydrogen-bond acceptors (Lipinski definition) is 3. The molecule has 7 heteroatoms. The first-order valence-electron chi connectivity index (χ1n) is 6.15. The topological polar surface area (TPSA) is 55.6 Å². The highest BCUT2D eigenvalue weighted by Crippen LogP contribution is 2.31. The molecule has 1 saturated heterocycles. The summed E-state index contributed by atoms with van der Waals surface area (Å²) in [5.41, 5.74) is 5.82. The zero-order chi connectivity index (χ0) is 14.8. The number of ether oxygens (including phenoxy) is 1. The number of nitrogens with zero attached hydrogens (tertiary/aromatic N) is 1. The van der Waals surface area contributed by atoms with Crippen LogP contribution >= 0.6 is 0 Å². The Morgan fingerprint density at radius 1 is 1.30 bits per heavy atom. The maximum absolute atomic E-state index is 12.5. The van der Waals surface area contributed by atoms with Gasteiger partial charge in [-0.3, -0.25) is 4.90 Å². The molecule has 0 radical (unpaired) electrons. The van der Waals surface area contributed by atoms with Gasteiger partial charge >= 0.3 is 12.3 Å². The Kier molecular flexibility index (Phi) is 4.17. The van der Waals surface area contributed by atoms with Crippen molar-refractivity contribution in [3.05, 3.63) is 35.9 Å². The number of amides is 1. The van der Waals surface area contributed by atoms with Crippen molar-refractivity contribution in [2.24, 2.45) is 5.73 Å². The molecular weight excluding hydrogens is 273 g/mol. The molecule has 2 atom stereocenters. The molecule has 1 amide bonds. The maximum Gasteiger partial charge on any atom is 0.404 e. The molecule has 1 aromatic rings. The Morgan fingerprint density at radius 2 is 1.95 bits per heavy atom. The number of carbonyl (C=O) groups is 1. The van der Waals surface area contributed by atoms with Gasteiger partial charge in [-0.05, 0) is 5.56 Å². The standard InChI is InChI=1S/C13H15F3N2O2/c14-13(15,16)8-18-6-10(9-4-2-1-3-5-9)11(7-18)20-12(17)19/h1-5,10-11H,6-8H2,(H2,17,19)/t10-,11+/m1/s1. The quantitative estimate of drug-likeness (QED) is 0.926. The zero-order valence-corrected chi connectivity index (χ0v) is 10.6. The monoisotopic (exact) mass is 288 g/mol. The summed E-state index contributed by atoms with van der Waals surface area (Å²) in [6.45, 7) is -0.807. The van der Waals surface area contributed by atoms with Crippen molar-refractivity contribution in [2.45, 2.75) is 18.2 Å². The summed E-state index contributed by atoms with van der Waals surface area (Å²) in [4.78, 5) is 12.1. The van der Waals surface area contributed by atoms with Crippen LogP contribution in [0, 0.1) is 0 Å². The minimum atomic E-state index is -4.27. The van der Waals surface area contributed by atoms with Gasteiger partial charge in [-0.25, -0.2) is 4.79 Å². The van der Waals surface area contributed by atoms with Crippen LogP contribution in [0.1, 0.15) is 11.5 Å². The fraction of sp³-hybridized carbons (Fsp3) is 0.462. The molecule has 1 heterocycles. The third kappa shape index (κ3) is 3.86. The molecule has 1 fully saturated rings. The second kappa shape index (κ2) is 5.70. The second-order valence-corrected chi connectivity index (χ2v) is 4.80. The van der Waals surface area contributed by atoms with Crippen LogP contribution in [0.15, 0.2) is 30.3 Å². The average molecular weight is 288 g/mol. The number of halogens is 3. The number of carbonyl (C=O) groups excluding carboxylic acids is 1. The summed E-state index contributed by atoms with van der Waals surface area (Å²) in [7, 11) is 0. The molecule has 0 spiro atoms. The van der Waals surface area contributed by atoms with Crippen LogP contribution in [0.4, 0.5) is 18.0 Å². The number of hydrogen-bond donors (Lipinski definition) is 1. The van der Waals surface area contributed by atoms with E-state index in [4.69, 9.17) is 10.5 Å². The van der Waals surface area contributed by atoms with Crippen molar-refractivity contribution < 1.29 is 22.7 Å². The Balaban J connectivity index is 2.13. The molecule has 110 valence electrons. The molecule has 1 aliphatic heterocycles. The molecule has 2 rings (SSSR count). The summed E-state index contributed by atoms with van der Waals surface area (Å²) in [6, 6.07) is 9.01. The first-order valence-corrected chi connectivity index (χ1v) is 6.15. The SMILES string of the molecule is NC(=O)O[C@H]1CN(CC(F)(F)F)C[C@@H]1c1ccccc1. The van der Waals surface area contributed by atoms with Crippen molar-refractivity contribution in [2.75, 3.05) is 19.6 Å².